The third-order valence-electron chi connectivity index (χ3n) is 3.47. The molecule has 0 saturated carbocycles. The maximum Gasteiger partial charge on any atom is 0.289 e. The van der Waals surface area contributed by atoms with E-state index in [1.165, 1.54) is 12.1 Å². The molecule has 0 aliphatic carbocycles. The lowest BCUT2D eigenvalue weighted by Gasteiger charge is -2.22. The van der Waals surface area contributed by atoms with E-state index < -0.39 is 31.8 Å². The molecule has 8 heteroatoms. The van der Waals surface area contributed by atoms with Gasteiger partial charge in [-0.05, 0) is 12.5 Å². The van der Waals surface area contributed by atoms with Crippen molar-refractivity contribution < 1.29 is 18.4 Å². The third-order valence-corrected chi connectivity index (χ3v) is 5.38. The highest BCUT2D eigenvalue weighted by Crippen LogP contribution is 2.33. The molecule has 0 spiro atoms. The minimum absolute atomic E-state index is 0.0852. The summed E-state index contributed by atoms with van der Waals surface area (Å²) in [6.07, 6.45) is 4.60. The number of aliphatic hydroxyl groups excluding tert-OH is 1. The number of hydrogen-bond acceptors (Lipinski definition) is 5. The van der Waals surface area contributed by atoms with Crippen molar-refractivity contribution in [3.05, 3.63) is 34.4 Å². The van der Waals surface area contributed by atoms with E-state index >= 15 is 0 Å². The second-order valence-electron chi connectivity index (χ2n) is 4.71. The minimum Gasteiger partial charge on any atom is -0.377 e. The number of sulfonamides is 1. The number of para-hydroxylation sites is 1. The van der Waals surface area contributed by atoms with E-state index in [2.05, 4.69) is 5.92 Å². The van der Waals surface area contributed by atoms with Gasteiger partial charge in [0, 0.05) is 24.9 Å². The van der Waals surface area contributed by atoms with E-state index in [0.29, 0.717) is 6.42 Å². The van der Waals surface area contributed by atoms with E-state index in [9.17, 15) is 23.6 Å². The molecular formula is C13H14N2O5S. The molecule has 0 radical (unpaired) electrons. The molecule has 0 bridgehead atoms. The van der Waals surface area contributed by atoms with Crippen LogP contribution in [-0.4, -0.2) is 35.5 Å². The maximum atomic E-state index is 12.5. The zero-order valence-electron chi connectivity index (χ0n) is 11.0. The Morgan fingerprint density at radius 1 is 1.48 bits per heavy atom. The Bertz CT molecular complexity index is 695. The molecule has 2 atom stereocenters. The molecule has 1 fully saturated rings. The molecule has 0 aromatic heterocycles. The van der Waals surface area contributed by atoms with Crippen molar-refractivity contribution in [3.8, 4) is 12.3 Å². The van der Waals surface area contributed by atoms with Crippen LogP contribution in [0.4, 0.5) is 5.69 Å². The first kappa shape index (κ1) is 15.4. The minimum atomic E-state index is -4.14. The van der Waals surface area contributed by atoms with Crippen LogP contribution in [0.5, 0.6) is 0 Å². The van der Waals surface area contributed by atoms with E-state index in [-0.39, 0.29) is 18.9 Å². The molecule has 1 aromatic rings. The number of nitro benzene ring substituents is 1. The quantitative estimate of drug-likeness (QED) is 0.507. The molecule has 0 amide bonds. The average molecular weight is 310 g/mol. The van der Waals surface area contributed by atoms with E-state index in [1.807, 2.05) is 0 Å². The molecule has 1 aliphatic heterocycles. The molecule has 1 aliphatic rings. The van der Waals surface area contributed by atoms with Gasteiger partial charge in [-0.2, -0.15) is 4.31 Å². The number of aliphatic hydroxyl groups is 1. The Hall–Kier alpha value is -1.95. The second-order valence-corrected chi connectivity index (χ2v) is 6.57. The van der Waals surface area contributed by atoms with Crippen LogP contribution in [0.25, 0.3) is 0 Å². The van der Waals surface area contributed by atoms with Crippen LogP contribution in [0.2, 0.25) is 0 Å². The third kappa shape index (κ3) is 2.76. The van der Waals surface area contributed by atoms with Crippen molar-refractivity contribution in [2.24, 2.45) is 5.92 Å². The Morgan fingerprint density at radius 2 is 2.14 bits per heavy atom. The van der Waals surface area contributed by atoms with Crippen LogP contribution in [0.1, 0.15) is 12.8 Å². The van der Waals surface area contributed by atoms with Gasteiger partial charge in [0.05, 0.1) is 4.92 Å². The van der Waals surface area contributed by atoms with Crippen LogP contribution >= 0.6 is 0 Å². The van der Waals surface area contributed by atoms with Crippen LogP contribution in [0, 0.1) is 28.4 Å². The Kier molecular flexibility index (Phi) is 4.27. The Labute approximate surface area is 122 Å². The largest absolute Gasteiger partial charge is 0.377 e. The highest BCUT2D eigenvalue weighted by molar-refractivity contribution is 7.89. The lowest BCUT2D eigenvalue weighted by atomic mass is 10.0. The van der Waals surface area contributed by atoms with Crippen molar-refractivity contribution in [2.45, 2.75) is 24.0 Å². The number of terminal acetylenes is 1. The molecule has 1 N–H and O–H groups in total. The normalized spacial score (nSPS) is 22.9. The monoisotopic (exact) mass is 310 g/mol. The van der Waals surface area contributed by atoms with Gasteiger partial charge in [0.15, 0.2) is 4.90 Å². The van der Waals surface area contributed by atoms with Crippen molar-refractivity contribution in [2.75, 3.05) is 6.54 Å². The highest BCUT2D eigenvalue weighted by Gasteiger charge is 2.42. The van der Waals surface area contributed by atoms with E-state index in [1.54, 1.807) is 0 Å². The fourth-order valence-electron chi connectivity index (χ4n) is 2.38. The summed E-state index contributed by atoms with van der Waals surface area (Å²) in [4.78, 5) is 9.79. The summed E-state index contributed by atoms with van der Waals surface area (Å²) in [5.41, 5.74) is -0.509. The molecule has 7 nitrogen and oxygen atoms in total. The average Bonchev–Trinajstić information content (AvgIpc) is 2.81. The number of benzene rings is 1. The van der Waals surface area contributed by atoms with Crippen molar-refractivity contribution in [1.29, 1.82) is 0 Å². The van der Waals surface area contributed by atoms with E-state index in [4.69, 9.17) is 6.42 Å². The van der Waals surface area contributed by atoms with Gasteiger partial charge in [0.2, 0.25) is 0 Å². The number of nitrogens with zero attached hydrogens (tertiary/aromatic N) is 2. The van der Waals surface area contributed by atoms with Gasteiger partial charge in [-0.1, -0.05) is 12.1 Å². The summed E-state index contributed by atoms with van der Waals surface area (Å²) >= 11 is 0. The van der Waals surface area contributed by atoms with Gasteiger partial charge in [0.1, 0.15) is 6.23 Å². The van der Waals surface area contributed by atoms with Crippen LogP contribution in [0.3, 0.4) is 0 Å². The van der Waals surface area contributed by atoms with Crippen molar-refractivity contribution in [3.63, 3.8) is 0 Å². The number of hydrogen-bond donors (Lipinski definition) is 1. The van der Waals surface area contributed by atoms with Crippen LogP contribution < -0.4 is 0 Å². The zero-order valence-corrected chi connectivity index (χ0v) is 11.9. The zero-order chi connectivity index (χ0) is 15.6. The van der Waals surface area contributed by atoms with Gasteiger partial charge in [-0.3, -0.25) is 10.1 Å². The summed E-state index contributed by atoms with van der Waals surface area (Å²) in [5.74, 6) is 2.04. The summed E-state index contributed by atoms with van der Waals surface area (Å²) in [6, 6.07) is 5.07. The number of nitro groups is 1. The summed E-state index contributed by atoms with van der Waals surface area (Å²) in [7, 11) is -4.14. The smallest absolute Gasteiger partial charge is 0.289 e. The topological polar surface area (TPSA) is 101 Å². The fraction of sp³-hybridized carbons (Fsp3) is 0.385. The molecule has 112 valence electrons. The maximum absolute atomic E-state index is 12.5. The van der Waals surface area contributed by atoms with Crippen molar-refractivity contribution >= 4 is 15.7 Å². The Morgan fingerprint density at radius 3 is 2.76 bits per heavy atom. The fourth-order valence-corrected chi connectivity index (χ4v) is 4.10. The molecule has 2 unspecified atom stereocenters. The molecule has 21 heavy (non-hydrogen) atoms. The van der Waals surface area contributed by atoms with Gasteiger partial charge >= 0.3 is 0 Å². The predicted octanol–water partition coefficient (Wildman–Crippen LogP) is 0.947. The number of rotatable bonds is 4. The lowest BCUT2D eigenvalue weighted by Crippen LogP contribution is -2.37. The van der Waals surface area contributed by atoms with Gasteiger partial charge < -0.3 is 5.11 Å². The van der Waals surface area contributed by atoms with Crippen molar-refractivity contribution in [1.82, 2.24) is 4.31 Å². The first-order valence-corrected chi connectivity index (χ1v) is 7.70. The Balaban J connectivity index is 2.41. The summed E-state index contributed by atoms with van der Waals surface area (Å²) in [6.45, 7) is 0.0852. The summed E-state index contributed by atoms with van der Waals surface area (Å²) in [5, 5.41) is 21.1. The molecular weight excluding hydrogens is 296 g/mol. The van der Waals surface area contributed by atoms with E-state index in [0.717, 1.165) is 16.4 Å². The molecule has 1 heterocycles. The lowest BCUT2D eigenvalue weighted by molar-refractivity contribution is -0.387. The second kappa shape index (κ2) is 5.81. The van der Waals surface area contributed by atoms with Crippen LogP contribution in [0.15, 0.2) is 29.2 Å². The molecule has 1 aromatic carbocycles. The van der Waals surface area contributed by atoms with Gasteiger partial charge in [-0.15, -0.1) is 12.3 Å². The van der Waals surface area contributed by atoms with Crippen LogP contribution in [-0.2, 0) is 10.0 Å². The first-order chi connectivity index (χ1) is 9.89. The molecule has 1 saturated heterocycles. The predicted molar refractivity (Wildman–Crippen MR) is 74.6 cm³/mol. The molecule has 2 rings (SSSR count). The standard InChI is InChI=1S/C13H14N2O5S/c1-2-5-10-8-9-14(13(10)16)21(19,20)12-7-4-3-6-11(12)15(17)18/h1,3-4,6-7,10,13,16H,5,8-9H2. The van der Waals surface area contributed by atoms with Gasteiger partial charge in [-0.25, -0.2) is 8.42 Å². The summed E-state index contributed by atoms with van der Waals surface area (Å²) < 4.78 is 25.9. The SMILES string of the molecule is C#CCC1CCN(S(=O)(=O)c2ccccc2[N+](=O)[O-])C1O. The highest BCUT2D eigenvalue weighted by atomic mass is 32.2. The first-order valence-electron chi connectivity index (χ1n) is 6.26. The van der Waals surface area contributed by atoms with Gasteiger partial charge in [0.25, 0.3) is 15.7 Å².